The van der Waals surface area contributed by atoms with Crippen molar-refractivity contribution in [3.8, 4) is 11.5 Å². The van der Waals surface area contributed by atoms with E-state index in [0.29, 0.717) is 44.7 Å². The van der Waals surface area contributed by atoms with Crippen molar-refractivity contribution in [1.29, 1.82) is 0 Å². The maximum absolute atomic E-state index is 12.4. The largest absolute Gasteiger partial charge is 0.485 e. The van der Waals surface area contributed by atoms with Crippen molar-refractivity contribution in [3.05, 3.63) is 63.9 Å². The minimum atomic E-state index is -0.368. The zero-order valence-electron chi connectivity index (χ0n) is 14.8. The molecule has 1 atom stereocenters. The average molecular weight is 436 g/mol. The van der Waals surface area contributed by atoms with E-state index in [-0.39, 0.29) is 17.6 Å². The van der Waals surface area contributed by atoms with E-state index in [2.05, 4.69) is 10.2 Å². The fraction of sp³-hybridized carbons (Fsp3) is 0.211. The monoisotopic (exact) mass is 435 g/mol. The SMILES string of the molecule is Cn1c(SCC(=O)c2ccc(Cl)c(Cl)c2)nnc1C1COc2ccccc2O1. The van der Waals surface area contributed by atoms with Crippen LogP contribution in [0.5, 0.6) is 11.5 Å². The van der Waals surface area contributed by atoms with Gasteiger partial charge in [0.05, 0.1) is 15.8 Å². The molecule has 4 rings (SSSR count). The summed E-state index contributed by atoms with van der Waals surface area (Å²) in [5.41, 5.74) is 0.505. The van der Waals surface area contributed by atoms with Gasteiger partial charge in [-0.25, -0.2) is 0 Å². The van der Waals surface area contributed by atoms with Crippen molar-refractivity contribution in [2.45, 2.75) is 11.3 Å². The van der Waals surface area contributed by atoms with Gasteiger partial charge in [-0.05, 0) is 30.3 Å². The highest BCUT2D eigenvalue weighted by molar-refractivity contribution is 7.99. The molecule has 3 aromatic rings. The van der Waals surface area contributed by atoms with Gasteiger partial charge in [-0.15, -0.1) is 10.2 Å². The Kier molecular flexibility index (Phi) is 5.48. The topological polar surface area (TPSA) is 66.2 Å². The van der Waals surface area contributed by atoms with Crippen LogP contribution in [0.25, 0.3) is 0 Å². The summed E-state index contributed by atoms with van der Waals surface area (Å²) in [7, 11) is 1.84. The lowest BCUT2D eigenvalue weighted by Crippen LogP contribution is -2.24. The Bertz CT molecular complexity index is 1040. The molecule has 0 radical (unpaired) electrons. The van der Waals surface area contributed by atoms with Gasteiger partial charge in [0.1, 0.15) is 6.61 Å². The Morgan fingerprint density at radius 2 is 1.96 bits per heavy atom. The van der Waals surface area contributed by atoms with E-state index < -0.39 is 0 Å². The van der Waals surface area contributed by atoms with Crippen LogP contribution in [0.3, 0.4) is 0 Å². The number of para-hydroxylation sites is 2. The van der Waals surface area contributed by atoms with Gasteiger partial charge in [0.2, 0.25) is 0 Å². The standard InChI is InChI=1S/C19H15Cl2N3O3S/c1-24-18(17-9-26-15-4-2-3-5-16(15)27-17)22-23-19(24)28-10-14(25)11-6-7-12(20)13(21)8-11/h2-8,17H,9-10H2,1H3. The molecule has 2 heterocycles. The molecule has 9 heteroatoms. The first-order chi connectivity index (χ1) is 13.5. The lowest BCUT2D eigenvalue weighted by atomic mass is 10.1. The highest BCUT2D eigenvalue weighted by atomic mass is 35.5. The number of Topliss-reactive ketones (excluding diaryl/α,β-unsaturated/α-hetero) is 1. The van der Waals surface area contributed by atoms with E-state index in [1.165, 1.54) is 11.8 Å². The molecule has 0 aliphatic carbocycles. The van der Waals surface area contributed by atoms with E-state index >= 15 is 0 Å². The first-order valence-electron chi connectivity index (χ1n) is 8.42. The highest BCUT2D eigenvalue weighted by Crippen LogP contribution is 2.35. The van der Waals surface area contributed by atoms with Crippen LogP contribution in [0.2, 0.25) is 10.0 Å². The predicted molar refractivity (Wildman–Crippen MR) is 108 cm³/mol. The van der Waals surface area contributed by atoms with Crippen LogP contribution in [-0.4, -0.2) is 32.9 Å². The maximum atomic E-state index is 12.4. The average Bonchev–Trinajstić information content (AvgIpc) is 3.08. The van der Waals surface area contributed by atoms with Crippen molar-refractivity contribution in [1.82, 2.24) is 14.8 Å². The minimum absolute atomic E-state index is 0.0701. The smallest absolute Gasteiger partial charge is 0.192 e. The van der Waals surface area contributed by atoms with E-state index in [4.69, 9.17) is 32.7 Å². The van der Waals surface area contributed by atoms with Gasteiger partial charge >= 0.3 is 0 Å². The minimum Gasteiger partial charge on any atom is -0.485 e. The molecule has 1 unspecified atom stereocenters. The number of halogens is 2. The summed E-state index contributed by atoms with van der Waals surface area (Å²) < 4.78 is 13.5. The molecule has 28 heavy (non-hydrogen) atoms. The molecule has 0 amide bonds. The van der Waals surface area contributed by atoms with Gasteiger partial charge < -0.3 is 14.0 Å². The highest BCUT2D eigenvalue weighted by Gasteiger charge is 2.27. The number of benzene rings is 2. The van der Waals surface area contributed by atoms with Gasteiger partial charge in [-0.3, -0.25) is 4.79 Å². The third kappa shape index (κ3) is 3.83. The van der Waals surface area contributed by atoms with Gasteiger partial charge in [-0.1, -0.05) is 47.1 Å². The number of ketones is 1. The summed E-state index contributed by atoms with van der Waals surface area (Å²) >= 11 is 13.2. The summed E-state index contributed by atoms with van der Waals surface area (Å²) in [6, 6.07) is 12.3. The molecule has 2 aromatic carbocycles. The fourth-order valence-corrected chi connectivity index (χ4v) is 3.87. The second kappa shape index (κ2) is 8.03. The summed E-state index contributed by atoms with van der Waals surface area (Å²) in [4.78, 5) is 12.4. The molecule has 0 saturated heterocycles. The molecule has 6 nitrogen and oxygen atoms in total. The van der Waals surface area contributed by atoms with Crippen molar-refractivity contribution >= 4 is 40.7 Å². The zero-order valence-corrected chi connectivity index (χ0v) is 17.1. The maximum Gasteiger partial charge on any atom is 0.192 e. The number of nitrogens with zero attached hydrogens (tertiary/aromatic N) is 3. The second-order valence-electron chi connectivity index (χ2n) is 6.10. The normalized spacial score (nSPS) is 15.5. The van der Waals surface area contributed by atoms with E-state index in [1.54, 1.807) is 18.2 Å². The fourth-order valence-electron chi connectivity index (χ4n) is 2.76. The molecule has 0 N–H and O–H groups in total. The summed E-state index contributed by atoms with van der Waals surface area (Å²) in [5.74, 6) is 2.15. The van der Waals surface area contributed by atoms with Crippen LogP contribution in [0.15, 0.2) is 47.6 Å². The molecule has 1 aromatic heterocycles. The quantitative estimate of drug-likeness (QED) is 0.430. The molecular weight excluding hydrogens is 421 g/mol. The number of hydrogen-bond acceptors (Lipinski definition) is 6. The summed E-state index contributed by atoms with van der Waals surface area (Å²) in [6.45, 7) is 0.343. The Morgan fingerprint density at radius 3 is 2.75 bits per heavy atom. The number of aromatic nitrogens is 3. The van der Waals surface area contributed by atoms with Crippen LogP contribution < -0.4 is 9.47 Å². The van der Waals surface area contributed by atoms with Crippen molar-refractivity contribution in [2.24, 2.45) is 7.05 Å². The molecule has 144 valence electrons. The van der Waals surface area contributed by atoms with Crippen LogP contribution in [-0.2, 0) is 7.05 Å². The van der Waals surface area contributed by atoms with Gasteiger partial charge in [0.25, 0.3) is 0 Å². The number of hydrogen-bond donors (Lipinski definition) is 0. The predicted octanol–water partition coefficient (Wildman–Crippen LogP) is 4.61. The van der Waals surface area contributed by atoms with E-state index in [9.17, 15) is 4.79 Å². The first kappa shape index (κ1) is 19.1. The number of fused-ring (bicyclic) bond motifs is 1. The first-order valence-corrected chi connectivity index (χ1v) is 10.2. The Balaban J connectivity index is 1.44. The van der Waals surface area contributed by atoms with Gasteiger partial charge in [0.15, 0.2) is 34.4 Å². The molecular formula is C19H15Cl2N3O3S. The Morgan fingerprint density at radius 1 is 1.18 bits per heavy atom. The Labute approximate surface area is 175 Å². The molecule has 0 spiro atoms. The zero-order chi connectivity index (χ0) is 19.7. The van der Waals surface area contributed by atoms with E-state index in [1.807, 2.05) is 35.9 Å². The number of thioether (sulfide) groups is 1. The molecule has 0 fully saturated rings. The van der Waals surface area contributed by atoms with Gasteiger partial charge in [-0.2, -0.15) is 0 Å². The van der Waals surface area contributed by atoms with Crippen molar-refractivity contribution < 1.29 is 14.3 Å². The third-order valence-electron chi connectivity index (χ3n) is 4.24. The van der Waals surface area contributed by atoms with Crippen LogP contribution in [0.4, 0.5) is 0 Å². The molecule has 0 bridgehead atoms. The lowest BCUT2D eigenvalue weighted by molar-refractivity contribution is 0.0825. The van der Waals surface area contributed by atoms with Crippen molar-refractivity contribution in [3.63, 3.8) is 0 Å². The van der Waals surface area contributed by atoms with Crippen molar-refractivity contribution in [2.75, 3.05) is 12.4 Å². The number of rotatable bonds is 5. The second-order valence-corrected chi connectivity index (χ2v) is 7.86. The molecule has 1 aliphatic heterocycles. The number of carbonyl (C=O) groups excluding carboxylic acids is 1. The Hall–Kier alpha value is -2.22. The van der Waals surface area contributed by atoms with Gasteiger partial charge in [0, 0.05) is 12.6 Å². The summed E-state index contributed by atoms with van der Waals surface area (Å²) in [5, 5.41) is 9.80. The molecule has 0 saturated carbocycles. The lowest BCUT2D eigenvalue weighted by Gasteiger charge is -2.25. The van der Waals surface area contributed by atoms with E-state index in [0.717, 1.165) is 0 Å². The summed E-state index contributed by atoms with van der Waals surface area (Å²) in [6.07, 6.45) is -0.368. The van der Waals surface area contributed by atoms with Crippen LogP contribution >= 0.6 is 35.0 Å². The van der Waals surface area contributed by atoms with Crippen LogP contribution in [0, 0.1) is 0 Å². The number of ether oxygens (including phenoxy) is 2. The third-order valence-corrected chi connectivity index (χ3v) is 6.00. The molecule has 1 aliphatic rings. The van der Waals surface area contributed by atoms with Crippen LogP contribution in [0.1, 0.15) is 22.3 Å². The number of carbonyl (C=O) groups is 1.